The minimum Gasteiger partial charge on any atom is -0.278 e. The number of rotatable bonds is 2. The van der Waals surface area contributed by atoms with E-state index in [0.29, 0.717) is 12.1 Å². The molecule has 19 heavy (non-hydrogen) atoms. The molecule has 1 heterocycles. The van der Waals surface area contributed by atoms with Gasteiger partial charge in [0.15, 0.2) is 0 Å². The summed E-state index contributed by atoms with van der Waals surface area (Å²) in [4.78, 5) is 25.7. The summed E-state index contributed by atoms with van der Waals surface area (Å²) in [5.41, 5.74) is 1.47. The second kappa shape index (κ2) is 4.51. The highest BCUT2D eigenvalue weighted by Crippen LogP contribution is 2.40. The Bertz CT molecular complexity index is 549. The number of benzene rings is 1. The summed E-state index contributed by atoms with van der Waals surface area (Å²) < 4.78 is 0. The van der Waals surface area contributed by atoms with E-state index in [4.69, 9.17) is 5.26 Å². The fraction of sp³-hybridized carbons (Fsp3) is 0.400. The zero-order valence-corrected chi connectivity index (χ0v) is 10.5. The molecule has 2 fully saturated rings. The molecule has 0 aromatic heterocycles. The standard InChI is InChI=1S/C15H14N2O2/c16-8-10-4-6-11(7-5-10)9-17-14(18)12-2-1-3-13(12)15(17)19/h4-7,12-13H,1-3,9H2. The van der Waals surface area contributed by atoms with Crippen LogP contribution in [-0.4, -0.2) is 16.7 Å². The summed E-state index contributed by atoms with van der Waals surface area (Å²) in [7, 11) is 0. The molecule has 2 unspecified atom stereocenters. The monoisotopic (exact) mass is 254 g/mol. The van der Waals surface area contributed by atoms with Crippen molar-refractivity contribution in [3.05, 3.63) is 35.4 Å². The summed E-state index contributed by atoms with van der Waals surface area (Å²) in [6, 6.07) is 9.07. The molecule has 2 amide bonds. The van der Waals surface area contributed by atoms with Crippen molar-refractivity contribution in [3.8, 4) is 6.07 Å². The van der Waals surface area contributed by atoms with Gasteiger partial charge in [-0.3, -0.25) is 14.5 Å². The molecular formula is C15H14N2O2. The Morgan fingerprint density at radius 3 is 2.21 bits per heavy atom. The van der Waals surface area contributed by atoms with Crippen LogP contribution in [0, 0.1) is 23.2 Å². The number of nitriles is 1. The maximum atomic E-state index is 12.2. The largest absolute Gasteiger partial charge is 0.278 e. The number of nitrogens with zero attached hydrogens (tertiary/aromatic N) is 2. The SMILES string of the molecule is N#Cc1ccc(CN2C(=O)C3CCCC3C2=O)cc1. The number of carbonyl (C=O) groups excluding carboxylic acids is 2. The van der Waals surface area contributed by atoms with Gasteiger partial charge in [0, 0.05) is 0 Å². The van der Waals surface area contributed by atoms with E-state index in [1.165, 1.54) is 4.90 Å². The van der Waals surface area contributed by atoms with Gasteiger partial charge in [0.1, 0.15) is 0 Å². The number of imide groups is 1. The molecule has 0 radical (unpaired) electrons. The molecule has 1 aliphatic carbocycles. The van der Waals surface area contributed by atoms with Gasteiger partial charge in [0.2, 0.25) is 11.8 Å². The van der Waals surface area contributed by atoms with Crippen LogP contribution in [0.15, 0.2) is 24.3 Å². The van der Waals surface area contributed by atoms with Gasteiger partial charge < -0.3 is 0 Å². The van der Waals surface area contributed by atoms with Crippen LogP contribution in [-0.2, 0) is 16.1 Å². The van der Waals surface area contributed by atoms with Crippen molar-refractivity contribution in [1.82, 2.24) is 4.90 Å². The van der Waals surface area contributed by atoms with Crippen LogP contribution in [0.25, 0.3) is 0 Å². The molecule has 4 nitrogen and oxygen atoms in total. The third-order valence-corrected chi connectivity index (χ3v) is 4.11. The number of amides is 2. The molecule has 4 heteroatoms. The van der Waals surface area contributed by atoms with Gasteiger partial charge >= 0.3 is 0 Å². The summed E-state index contributed by atoms with van der Waals surface area (Å²) >= 11 is 0. The van der Waals surface area contributed by atoms with Crippen LogP contribution in [0.2, 0.25) is 0 Å². The van der Waals surface area contributed by atoms with Crippen molar-refractivity contribution < 1.29 is 9.59 Å². The predicted molar refractivity (Wildman–Crippen MR) is 67.5 cm³/mol. The lowest BCUT2D eigenvalue weighted by Gasteiger charge is -2.15. The maximum Gasteiger partial charge on any atom is 0.233 e. The molecule has 3 rings (SSSR count). The van der Waals surface area contributed by atoms with Crippen molar-refractivity contribution in [2.75, 3.05) is 0 Å². The molecule has 0 spiro atoms. The summed E-state index contributed by atoms with van der Waals surface area (Å²) in [6.07, 6.45) is 2.68. The molecular weight excluding hydrogens is 240 g/mol. The van der Waals surface area contributed by atoms with Crippen molar-refractivity contribution >= 4 is 11.8 Å². The average Bonchev–Trinajstić information content (AvgIpc) is 3.00. The Hall–Kier alpha value is -2.15. The quantitative estimate of drug-likeness (QED) is 0.756. The zero-order chi connectivity index (χ0) is 13.4. The first-order valence-corrected chi connectivity index (χ1v) is 6.55. The Morgan fingerprint density at radius 2 is 1.68 bits per heavy atom. The van der Waals surface area contributed by atoms with E-state index in [1.807, 2.05) is 0 Å². The Morgan fingerprint density at radius 1 is 1.11 bits per heavy atom. The topological polar surface area (TPSA) is 61.2 Å². The molecule has 2 atom stereocenters. The number of hydrogen-bond acceptors (Lipinski definition) is 3. The van der Waals surface area contributed by atoms with E-state index in [2.05, 4.69) is 6.07 Å². The van der Waals surface area contributed by atoms with Crippen molar-refractivity contribution in [2.24, 2.45) is 11.8 Å². The predicted octanol–water partition coefficient (Wildman–Crippen LogP) is 1.84. The first-order chi connectivity index (χ1) is 9.20. The zero-order valence-electron chi connectivity index (χ0n) is 10.5. The van der Waals surface area contributed by atoms with Gasteiger partial charge in [-0.2, -0.15) is 5.26 Å². The van der Waals surface area contributed by atoms with E-state index in [1.54, 1.807) is 24.3 Å². The molecule has 1 aliphatic heterocycles. The molecule has 1 aromatic rings. The first-order valence-electron chi connectivity index (χ1n) is 6.55. The van der Waals surface area contributed by atoms with Crippen LogP contribution in [0.4, 0.5) is 0 Å². The Labute approximate surface area is 111 Å². The van der Waals surface area contributed by atoms with Crippen LogP contribution in [0.3, 0.4) is 0 Å². The smallest absolute Gasteiger partial charge is 0.233 e. The molecule has 1 aromatic carbocycles. The van der Waals surface area contributed by atoms with Crippen LogP contribution < -0.4 is 0 Å². The highest BCUT2D eigenvalue weighted by Gasteiger charge is 2.49. The fourth-order valence-electron chi connectivity index (χ4n) is 3.08. The van der Waals surface area contributed by atoms with E-state index >= 15 is 0 Å². The first kappa shape index (κ1) is 11.9. The average molecular weight is 254 g/mol. The molecule has 2 aliphatic rings. The summed E-state index contributed by atoms with van der Waals surface area (Å²) in [6.45, 7) is 0.330. The van der Waals surface area contributed by atoms with Crippen molar-refractivity contribution in [1.29, 1.82) is 5.26 Å². The lowest BCUT2D eigenvalue weighted by Crippen LogP contribution is -2.31. The molecule has 1 saturated heterocycles. The lowest BCUT2D eigenvalue weighted by molar-refractivity contribution is -0.141. The van der Waals surface area contributed by atoms with Gasteiger partial charge in [-0.25, -0.2) is 0 Å². The van der Waals surface area contributed by atoms with Crippen LogP contribution in [0.1, 0.15) is 30.4 Å². The third kappa shape index (κ3) is 1.91. The highest BCUT2D eigenvalue weighted by molar-refractivity contribution is 6.05. The maximum absolute atomic E-state index is 12.2. The number of hydrogen-bond donors (Lipinski definition) is 0. The Kier molecular flexibility index (Phi) is 2.83. The van der Waals surface area contributed by atoms with Gasteiger partial charge in [-0.1, -0.05) is 18.6 Å². The van der Waals surface area contributed by atoms with E-state index in [9.17, 15) is 9.59 Å². The molecule has 1 saturated carbocycles. The minimum atomic E-state index is -0.0779. The fourth-order valence-corrected chi connectivity index (χ4v) is 3.08. The Balaban J connectivity index is 1.78. The second-order valence-electron chi connectivity index (χ2n) is 5.22. The second-order valence-corrected chi connectivity index (χ2v) is 5.22. The highest BCUT2D eigenvalue weighted by atomic mass is 16.2. The van der Waals surface area contributed by atoms with E-state index < -0.39 is 0 Å². The molecule has 0 bridgehead atoms. The van der Waals surface area contributed by atoms with E-state index in [-0.39, 0.29) is 23.7 Å². The lowest BCUT2D eigenvalue weighted by atomic mass is 10.00. The number of fused-ring (bicyclic) bond motifs is 1. The van der Waals surface area contributed by atoms with Crippen LogP contribution >= 0.6 is 0 Å². The third-order valence-electron chi connectivity index (χ3n) is 4.11. The van der Waals surface area contributed by atoms with Gasteiger partial charge in [-0.15, -0.1) is 0 Å². The summed E-state index contributed by atoms with van der Waals surface area (Å²) in [5.74, 6) is -0.189. The molecule has 0 N–H and O–H groups in total. The van der Waals surface area contributed by atoms with Crippen molar-refractivity contribution in [2.45, 2.75) is 25.8 Å². The molecule has 96 valence electrons. The van der Waals surface area contributed by atoms with E-state index in [0.717, 1.165) is 24.8 Å². The van der Waals surface area contributed by atoms with Gasteiger partial charge in [-0.05, 0) is 30.5 Å². The number of likely N-dealkylation sites (tertiary alicyclic amines) is 1. The minimum absolute atomic E-state index is 0.0168. The van der Waals surface area contributed by atoms with Crippen LogP contribution in [0.5, 0.6) is 0 Å². The van der Waals surface area contributed by atoms with Gasteiger partial charge in [0.25, 0.3) is 0 Å². The van der Waals surface area contributed by atoms with Gasteiger partial charge in [0.05, 0.1) is 30.0 Å². The summed E-state index contributed by atoms with van der Waals surface area (Å²) in [5, 5.41) is 8.74. The van der Waals surface area contributed by atoms with Crippen molar-refractivity contribution in [3.63, 3.8) is 0 Å². The normalized spacial score (nSPS) is 25.5. The number of carbonyl (C=O) groups is 2.